The van der Waals surface area contributed by atoms with Gasteiger partial charge in [0.2, 0.25) is 11.8 Å². The second-order valence-electron chi connectivity index (χ2n) is 6.24. The largest absolute Gasteiger partial charge is 0.387 e. The molecule has 2 N–H and O–H groups in total. The van der Waals surface area contributed by atoms with E-state index < -0.39 is 31.1 Å². The van der Waals surface area contributed by atoms with Crippen LogP contribution in [0.5, 0.6) is 0 Å². The first-order valence-electron chi connectivity index (χ1n) is 8.86. The van der Waals surface area contributed by atoms with Crippen molar-refractivity contribution in [1.82, 2.24) is 10.2 Å². The quantitative estimate of drug-likeness (QED) is 0.683. The first-order valence-corrected chi connectivity index (χ1v) is 8.86. The van der Waals surface area contributed by atoms with Gasteiger partial charge in [-0.15, -0.1) is 6.58 Å². The third kappa shape index (κ3) is 9.15. The molecule has 1 aromatic rings. The van der Waals surface area contributed by atoms with E-state index in [1.807, 2.05) is 37.3 Å². The van der Waals surface area contributed by atoms with Gasteiger partial charge in [-0.1, -0.05) is 42.5 Å². The van der Waals surface area contributed by atoms with Gasteiger partial charge in [0.1, 0.15) is 19.3 Å². The molecule has 0 aromatic heterocycles. The van der Waals surface area contributed by atoms with Crippen molar-refractivity contribution in [3.05, 3.63) is 60.2 Å². The van der Waals surface area contributed by atoms with Gasteiger partial charge in [-0.25, -0.2) is 4.39 Å². The molecule has 0 heterocycles. The van der Waals surface area contributed by atoms with Gasteiger partial charge in [0.15, 0.2) is 0 Å². The normalized spacial score (nSPS) is 11.9. The van der Waals surface area contributed by atoms with Crippen LogP contribution in [0.25, 0.3) is 0 Å². The van der Waals surface area contributed by atoms with Crippen LogP contribution < -0.4 is 5.32 Å². The number of nitrogens with zero attached hydrogens (tertiary/aromatic N) is 1. The Morgan fingerprint density at radius 3 is 2.30 bits per heavy atom. The Balaban J connectivity index is 0.00000210. The van der Waals surface area contributed by atoms with Crippen molar-refractivity contribution in [3.8, 4) is 0 Å². The summed E-state index contributed by atoms with van der Waals surface area (Å²) in [6.07, 6.45) is 3.02. The maximum absolute atomic E-state index is 12.7. The SMILES string of the molecule is C/C(=C\CF)C(C(=O)NC(C)C)N(Cc1ccccc1)C(=O)CO.C=CC. The fourth-order valence-corrected chi connectivity index (χ4v) is 2.39. The molecule has 0 saturated carbocycles. The zero-order chi connectivity index (χ0) is 20.8. The molecule has 1 atom stereocenters. The number of alkyl halides is 1. The van der Waals surface area contributed by atoms with E-state index in [2.05, 4.69) is 11.9 Å². The van der Waals surface area contributed by atoms with E-state index in [4.69, 9.17) is 0 Å². The van der Waals surface area contributed by atoms with E-state index in [0.717, 1.165) is 5.56 Å². The lowest BCUT2D eigenvalue weighted by Gasteiger charge is -2.32. The minimum Gasteiger partial charge on any atom is -0.387 e. The average Bonchev–Trinajstić information content (AvgIpc) is 2.61. The number of carbonyl (C=O) groups is 2. The van der Waals surface area contributed by atoms with E-state index in [9.17, 15) is 19.1 Å². The van der Waals surface area contributed by atoms with Gasteiger partial charge in [-0.05, 0) is 38.8 Å². The predicted molar refractivity (Wildman–Crippen MR) is 107 cm³/mol. The Kier molecular flexibility index (Phi) is 12.4. The predicted octanol–water partition coefficient (Wildman–Crippen LogP) is 3.01. The Hall–Kier alpha value is -2.47. The average molecular weight is 378 g/mol. The summed E-state index contributed by atoms with van der Waals surface area (Å²) in [6.45, 7) is 9.16. The van der Waals surface area contributed by atoms with E-state index in [0.29, 0.717) is 5.57 Å². The molecule has 1 unspecified atom stereocenters. The van der Waals surface area contributed by atoms with Crippen LogP contribution >= 0.6 is 0 Å². The lowest BCUT2D eigenvalue weighted by molar-refractivity contribution is -0.142. The van der Waals surface area contributed by atoms with Crippen LogP contribution in [0.2, 0.25) is 0 Å². The molecule has 6 heteroatoms. The van der Waals surface area contributed by atoms with Gasteiger partial charge in [0, 0.05) is 12.6 Å². The molecule has 0 spiro atoms. The fraction of sp³-hybridized carbons (Fsp3) is 0.429. The lowest BCUT2D eigenvalue weighted by atomic mass is 10.0. The monoisotopic (exact) mass is 378 g/mol. The molecule has 27 heavy (non-hydrogen) atoms. The van der Waals surface area contributed by atoms with Crippen LogP contribution in [0, 0.1) is 0 Å². The van der Waals surface area contributed by atoms with Crippen LogP contribution in [-0.2, 0) is 16.1 Å². The van der Waals surface area contributed by atoms with Gasteiger partial charge in [0.05, 0.1) is 0 Å². The number of hydrogen-bond donors (Lipinski definition) is 2. The molecule has 0 aliphatic carbocycles. The summed E-state index contributed by atoms with van der Waals surface area (Å²) < 4.78 is 12.7. The van der Waals surface area contributed by atoms with Gasteiger partial charge >= 0.3 is 0 Å². The molecule has 1 aromatic carbocycles. The van der Waals surface area contributed by atoms with Crippen molar-refractivity contribution in [3.63, 3.8) is 0 Å². The van der Waals surface area contributed by atoms with E-state index >= 15 is 0 Å². The van der Waals surface area contributed by atoms with Gasteiger partial charge < -0.3 is 15.3 Å². The Bertz CT molecular complexity index is 615. The summed E-state index contributed by atoms with van der Waals surface area (Å²) in [6, 6.07) is 8.05. The van der Waals surface area contributed by atoms with E-state index in [-0.39, 0.29) is 12.6 Å². The number of aliphatic hydroxyl groups excluding tert-OH is 1. The molecule has 0 saturated heterocycles. The number of hydrogen-bond acceptors (Lipinski definition) is 3. The number of allylic oxidation sites excluding steroid dienone is 2. The molecule has 5 nitrogen and oxygen atoms in total. The second kappa shape index (κ2) is 13.7. The van der Waals surface area contributed by atoms with Crippen LogP contribution in [0.4, 0.5) is 4.39 Å². The first kappa shape index (κ1) is 24.5. The number of rotatable bonds is 8. The van der Waals surface area contributed by atoms with Crippen molar-refractivity contribution in [1.29, 1.82) is 0 Å². The van der Waals surface area contributed by atoms with Crippen LogP contribution in [0.3, 0.4) is 0 Å². The van der Waals surface area contributed by atoms with Gasteiger partial charge in [0.25, 0.3) is 0 Å². The maximum Gasteiger partial charge on any atom is 0.249 e. The standard InChI is InChI=1S/C18H25FN2O3.C3H6/c1-13(2)20-18(24)17(14(3)9-10-19)21(16(23)12-22)11-15-7-5-4-6-8-15;1-3-2/h4-9,13,17,22H,10-12H2,1-3H3,(H,20,24);3H,1H2,2H3/b14-9+;. The van der Waals surface area contributed by atoms with E-state index in [1.165, 1.54) is 11.0 Å². The molecule has 150 valence electrons. The minimum absolute atomic E-state index is 0.124. The molecule has 0 aliphatic heterocycles. The molecular weight excluding hydrogens is 347 g/mol. The van der Waals surface area contributed by atoms with Crippen molar-refractivity contribution in [2.45, 2.75) is 46.3 Å². The van der Waals surface area contributed by atoms with Crippen molar-refractivity contribution < 1.29 is 19.1 Å². The Labute approximate surface area is 161 Å². The molecule has 0 aliphatic rings. The topological polar surface area (TPSA) is 69.6 Å². The lowest BCUT2D eigenvalue weighted by Crippen LogP contribution is -2.52. The molecule has 0 fully saturated rings. The summed E-state index contributed by atoms with van der Waals surface area (Å²) in [4.78, 5) is 26.1. The number of benzene rings is 1. The summed E-state index contributed by atoms with van der Waals surface area (Å²) in [5.41, 5.74) is 1.24. The van der Waals surface area contributed by atoms with Gasteiger partial charge in [-0.2, -0.15) is 0 Å². The fourth-order valence-electron chi connectivity index (χ4n) is 2.39. The summed E-state index contributed by atoms with van der Waals surface area (Å²) in [5.74, 6) is -0.987. The first-order chi connectivity index (χ1) is 12.8. The van der Waals surface area contributed by atoms with Crippen molar-refractivity contribution in [2.75, 3.05) is 13.3 Å². The number of halogens is 1. The Morgan fingerprint density at radius 2 is 1.85 bits per heavy atom. The minimum atomic E-state index is -0.969. The number of carbonyl (C=O) groups excluding carboxylic acids is 2. The third-order valence-electron chi connectivity index (χ3n) is 3.47. The highest BCUT2D eigenvalue weighted by Crippen LogP contribution is 2.16. The van der Waals surface area contributed by atoms with Gasteiger partial charge in [-0.3, -0.25) is 9.59 Å². The maximum atomic E-state index is 12.7. The zero-order valence-electron chi connectivity index (χ0n) is 16.6. The third-order valence-corrected chi connectivity index (χ3v) is 3.47. The summed E-state index contributed by atoms with van der Waals surface area (Å²) >= 11 is 0. The molecule has 2 amide bonds. The van der Waals surface area contributed by atoms with Crippen molar-refractivity contribution in [2.24, 2.45) is 0 Å². The van der Waals surface area contributed by atoms with Crippen molar-refractivity contribution >= 4 is 11.8 Å². The summed E-state index contributed by atoms with van der Waals surface area (Å²) in [7, 11) is 0. The smallest absolute Gasteiger partial charge is 0.249 e. The number of amides is 2. The highest BCUT2D eigenvalue weighted by Gasteiger charge is 2.31. The summed E-state index contributed by atoms with van der Waals surface area (Å²) in [5, 5.41) is 12.0. The van der Waals surface area contributed by atoms with Crippen LogP contribution in [0.1, 0.15) is 33.3 Å². The molecular formula is C21H31FN2O3. The zero-order valence-corrected chi connectivity index (χ0v) is 16.6. The Morgan fingerprint density at radius 1 is 1.30 bits per heavy atom. The molecule has 0 radical (unpaired) electrons. The molecule has 1 rings (SSSR count). The molecule has 0 bridgehead atoms. The highest BCUT2D eigenvalue weighted by molar-refractivity contribution is 5.90. The van der Waals surface area contributed by atoms with Crippen LogP contribution in [-0.4, -0.2) is 47.2 Å². The number of aliphatic hydroxyl groups is 1. The number of nitrogens with one attached hydrogen (secondary N) is 1. The van der Waals surface area contributed by atoms with E-state index in [1.54, 1.807) is 26.8 Å². The highest BCUT2D eigenvalue weighted by atomic mass is 19.1. The van der Waals surface area contributed by atoms with Crippen LogP contribution in [0.15, 0.2) is 54.6 Å². The second-order valence-corrected chi connectivity index (χ2v) is 6.24.